The molecule has 0 spiro atoms. The predicted molar refractivity (Wildman–Crippen MR) is 62.7 cm³/mol. The SMILES string of the molecule is CC(C)C(=O)NCCSCc1ccco1. The van der Waals surface area contributed by atoms with Gasteiger partial charge in [-0.2, -0.15) is 11.8 Å². The van der Waals surface area contributed by atoms with Gasteiger partial charge in [-0.15, -0.1) is 0 Å². The van der Waals surface area contributed by atoms with E-state index in [1.807, 2.05) is 26.0 Å². The third-order valence-corrected chi connectivity index (χ3v) is 2.88. The van der Waals surface area contributed by atoms with Crippen molar-refractivity contribution >= 4 is 17.7 Å². The summed E-state index contributed by atoms with van der Waals surface area (Å²) in [6.45, 7) is 4.51. The van der Waals surface area contributed by atoms with Crippen LogP contribution < -0.4 is 5.32 Å². The zero-order valence-corrected chi connectivity index (χ0v) is 9.97. The van der Waals surface area contributed by atoms with E-state index < -0.39 is 0 Å². The first-order valence-electron chi connectivity index (χ1n) is 5.08. The van der Waals surface area contributed by atoms with Gasteiger partial charge in [0.05, 0.1) is 12.0 Å². The molecule has 0 fully saturated rings. The van der Waals surface area contributed by atoms with E-state index in [1.165, 1.54) is 0 Å². The normalized spacial score (nSPS) is 10.6. The zero-order valence-electron chi connectivity index (χ0n) is 9.16. The summed E-state index contributed by atoms with van der Waals surface area (Å²) in [5.41, 5.74) is 0. The molecular weight excluding hydrogens is 210 g/mol. The fraction of sp³-hybridized carbons (Fsp3) is 0.545. The first-order valence-corrected chi connectivity index (χ1v) is 6.23. The Morgan fingerprint density at radius 2 is 2.40 bits per heavy atom. The highest BCUT2D eigenvalue weighted by atomic mass is 32.2. The topological polar surface area (TPSA) is 42.2 Å². The lowest BCUT2D eigenvalue weighted by molar-refractivity contribution is -0.123. The Labute approximate surface area is 94.6 Å². The molecule has 0 aliphatic carbocycles. The summed E-state index contributed by atoms with van der Waals surface area (Å²) < 4.78 is 5.19. The Morgan fingerprint density at radius 1 is 1.60 bits per heavy atom. The van der Waals surface area contributed by atoms with Crippen LogP contribution in [0.25, 0.3) is 0 Å². The fourth-order valence-electron chi connectivity index (χ4n) is 1.02. The second-order valence-electron chi connectivity index (χ2n) is 3.58. The number of carbonyl (C=O) groups excluding carboxylic acids is 1. The molecular formula is C11H17NO2S. The Balaban J connectivity index is 2.00. The first kappa shape index (κ1) is 12.2. The van der Waals surface area contributed by atoms with Gasteiger partial charge < -0.3 is 9.73 Å². The van der Waals surface area contributed by atoms with Gasteiger partial charge in [0.25, 0.3) is 0 Å². The van der Waals surface area contributed by atoms with Gasteiger partial charge in [0.1, 0.15) is 5.76 Å². The maximum Gasteiger partial charge on any atom is 0.222 e. The van der Waals surface area contributed by atoms with Crippen molar-refractivity contribution in [3.05, 3.63) is 24.2 Å². The van der Waals surface area contributed by atoms with Crippen LogP contribution in [0, 0.1) is 5.92 Å². The highest BCUT2D eigenvalue weighted by molar-refractivity contribution is 7.98. The number of nitrogens with one attached hydrogen (secondary N) is 1. The molecule has 84 valence electrons. The molecule has 1 amide bonds. The van der Waals surface area contributed by atoms with Gasteiger partial charge in [0, 0.05) is 18.2 Å². The zero-order chi connectivity index (χ0) is 11.1. The Hall–Kier alpha value is -0.900. The van der Waals surface area contributed by atoms with Crippen molar-refractivity contribution in [2.75, 3.05) is 12.3 Å². The molecule has 0 aromatic carbocycles. The lowest BCUT2D eigenvalue weighted by Gasteiger charge is -2.06. The van der Waals surface area contributed by atoms with Gasteiger partial charge in [-0.1, -0.05) is 13.8 Å². The second-order valence-corrected chi connectivity index (χ2v) is 4.68. The van der Waals surface area contributed by atoms with Crippen molar-refractivity contribution in [1.29, 1.82) is 0 Å². The van der Waals surface area contributed by atoms with Crippen LogP contribution >= 0.6 is 11.8 Å². The van der Waals surface area contributed by atoms with Crippen molar-refractivity contribution in [1.82, 2.24) is 5.32 Å². The number of furan rings is 1. The van der Waals surface area contributed by atoms with Crippen LogP contribution in [0.5, 0.6) is 0 Å². The molecule has 0 bridgehead atoms. The van der Waals surface area contributed by atoms with Crippen LogP contribution in [0.15, 0.2) is 22.8 Å². The summed E-state index contributed by atoms with van der Waals surface area (Å²) in [4.78, 5) is 11.2. The molecule has 0 aliphatic heterocycles. The summed E-state index contributed by atoms with van der Waals surface area (Å²) in [6, 6.07) is 3.84. The minimum absolute atomic E-state index is 0.0695. The van der Waals surface area contributed by atoms with E-state index in [-0.39, 0.29) is 11.8 Å². The van der Waals surface area contributed by atoms with Gasteiger partial charge in [-0.05, 0) is 12.1 Å². The van der Waals surface area contributed by atoms with Crippen LogP contribution in [0.4, 0.5) is 0 Å². The quantitative estimate of drug-likeness (QED) is 0.758. The molecule has 1 heterocycles. The number of carbonyl (C=O) groups is 1. The summed E-state index contributed by atoms with van der Waals surface area (Å²) >= 11 is 1.76. The smallest absolute Gasteiger partial charge is 0.222 e. The highest BCUT2D eigenvalue weighted by Crippen LogP contribution is 2.11. The summed E-state index contributed by atoms with van der Waals surface area (Å²) in [5.74, 6) is 2.95. The lowest BCUT2D eigenvalue weighted by Crippen LogP contribution is -2.29. The number of hydrogen-bond donors (Lipinski definition) is 1. The van der Waals surface area contributed by atoms with E-state index >= 15 is 0 Å². The van der Waals surface area contributed by atoms with E-state index in [9.17, 15) is 4.79 Å². The van der Waals surface area contributed by atoms with Gasteiger partial charge >= 0.3 is 0 Å². The number of rotatable bonds is 6. The molecule has 0 aliphatic rings. The molecule has 1 aromatic rings. The third-order valence-electron chi connectivity index (χ3n) is 1.89. The minimum Gasteiger partial charge on any atom is -0.468 e. The second kappa shape index (κ2) is 6.56. The van der Waals surface area contributed by atoms with Crippen LogP contribution in [-0.2, 0) is 10.5 Å². The highest BCUT2D eigenvalue weighted by Gasteiger charge is 2.04. The average Bonchev–Trinajstić information content (AvgIpc) is 2.69. The average molecular weight is 227 g/mol. The van der Waals surface area contributed by atoms with Gasteiger partial charge in [-0.3, -0.25) is 4.79 Å². The molecule has 0 saturated heterocycles. The van der Waals surface area contributed by atoms with Crippen molar-refractivity contribution in [2.24, 2.45) is 5.92 Å². The molecule has 15 heavy (non-hydrogen) atoms. The number of thioether (sulfide) groups is 1. The van der Waals surface area contributed by atoms with E-state index in [4.69, 9.17) is 4.42 Å². The maximum atomic E-state index is 11.2. The van der Waals surface area contributed by atoms with E-state index in [2.05, 4.69) is 5.32 Å². The lowest BCUT2D eigenvalue weighted by atomic mass is 10.2. The Kier molecular flexibility index (Phi) is 5.32. The first-order chi connectivity index (χ1) is 7.20. The molecule has 0 unspecified atom stereocenters. The molecule has 4 heteroatoms. The van der Waals surface area contributed by atoms with Crippen LogP contribution in [0.1, 0.15) is 19.6 Å². The molecule has 0 atom stereocenters. The Bertz CT molecular complexity index is 283. The van der Waals surface area contributed by atoms with E-state index in [1.54, 1.807) is 18.0 Å². The summed E-state index contributed by atoms with van der Waals surface area (Å²) in [7, 11) is 0. The Morgan fingerprint density at radius 3 is 3.00 bits per heavy atom. The molecule has 0 radical (unpaired) electrons. The largest absolute Gasteiger partial charge is 0.468 e. The standard InChI is InChI=1S/C11H17NO2S/c1-9(2)11(13)12-5-7-15-8-10-4-3-6-14-10/h3-4,6,9H,5,7-8H2,1-2H3,(H,12,13). The molecule has 1 N–H and O–H groups in total. The van der Waals surface area contributed by atoms with Crippen LogP contribution in [-0.4, -0.2) is 18.2 Å². The van der Waals surface area contributed by atoms with Gasteiger partial charge in [0.2, 0.25) is 5.91 Å². The van der Waals surface area contributed by atoms with E-state index in [0.717, 1.165) is 23.8 Å². The van der Waals surface area contributed by atoms with Crippen molar-refractivity contribution in [2.45, 2.75) is 19.6 Å². The molecule has 0 saturated carbocycles. The van der Waals surface area contributed by atoms with Crippen LogP contribution in [0.2, 0.25) is 0 Å². The predicted octanol–water partition coefficient (Wildman–Crippen LogP) is 2.29. The van der Waals surface area contributed by atoms with Crippen molar-refractivity contribution in [3.8, 4) is 0 Å². The summed E-state index contributed by atoms with van der Waals surface area (Å²) in [6.07, 6.45) is 1.68. The maximum absolute atomic E-state index is 11.2. The number of hydrogen-bond acceptors (Lipinski definition) is 3. The monoisotopic (exact) mass is 227 g/mol. The van der Waals surface area contributed by atoms with Gasteiger partial charge in [-0.25, -0.2) is 0 Å². The summed E-state index contributed by atoms with van der Waals surface area (Å²) in [5, 5.41) is 2.87. The van der Waals surface area contributed by atoms with Crippen molar-refractivity contribution in [3.63, 3.8) is 0 Å². The molecule has 1 aromatic heterocycles. The van der Waals surface area contributed by atoms with Crippen LogP contribution in [0.3, 0.4) is 0 Å². The molecule has 3 nitrogen and oxygen atoms in total. The fourth-order valence-corrected chi connectivity index (χ4v) is 1.77. The van der Waals surface area contributed by atoms with Crippen molar-refractivity contribution < 1.29 is 9.21 Å². The van der Waals surface area contributed by atoms with Gasteiger partial charge in [0.15, 0.2) is 0 Å². The number of amides is 1. The molecule has 1 rings (SSSR count). The minimum atomic E-state index is 0.0695. The van der Waals surface area contributed by atoms with E-state index in [0.29, 0.717) is 0 Å². The third kappa shape index (κ3) is 4.93.